The Kier molecular flexibility index (Phi) is 6.47. The third kappa shape index (κ3) is 4.79. The highest BCUT2D eigenvalue weighted by Crippen LogP contribution is 2.26. The zero-order chi connectivity index (χ0) is 22.3. The molecule has 0 spiro atoms. The molecule has 0 saturated carbocycles. The number of rotatable bonds is 5. The van der Waals surface area contributed by atoms with Crippen LogP contribution in [0, 0.1) is 11.3 Å². The highest BCUT2D eigenvalue weighted by Gasteiger charge is 2.24. The second kappa shape index (κ2) is 9.80. The smallest absolute Gasteiger partial charge is 0.254 e. The van der Waals surface area contributed by atoms with E-state index in [9.17, 15) is 9.59 Å². The molecule has 1 saturated heterocycles. The lowest BCUT2D eigenvalue weighted by atomic mass is 9.98. The lowest BCUT2D eigenvalue weighted by Gasteiger charge is -2.36. The van der Waals surface area contributed by atoms with Crippen molar-refractivity contribution in [2.45, 2.75) is 6.42 Å². The lowest BCUT2D eigenvalue weighted by molar-refractivity contribution is -0.115. The van der Waals surface area contributed by atoms with Crippen LogP contribution in [0.2, 0.25) is 0 Å². The summed E-state index contributed by atoms with van der Waals surface area (Å²) in [6.45, 7) is 2.75. The Morgan fingerprint density at radius 2 is 1.50 bits per heavy atom. The first-order chi connectivity index (χ1) is 15.7. The van der Waals surface area contributed by atoms with E-state index in [1.165, 1.54) is 0 Å². The van der Waals surface area contributed by atoms with Gasteiger partial charge in [-0.2, -0.15) is 5.26 Å². The standard InChI is InChI=1S/C26H24N4O2/c27-15-14-25(31)28-21-10-12-22(13-11-21)29-16-18-30(19-17-29)26(32)24-9-5-4-8-23(24)20-6-2-1-3-7-20/h1-13H,14,16-19H2,(H,28,31). The van der Waals surface area contributed by atoms with E-state index in [2.05, 4.69) is 10.2 Å². The van der Waals surface area contributed by atoms with Crippen molar-refractivity contribution in [3.05, 3.63) is 84.4 Å². The molecule has 0 aliphatic carbocycles. The quantitative estimate of drug-likeness (QED) is 0.667. The molecule has 1 aliphatic rings. The molecule has 1 aliphatic heterocycles. The van der Waals surface area contributed by atoms with Crippen LogP contribution in [0.15, 0.2) is 78.9 Å². The predicted molar refractivity (Wildman–Crippen MR) is 125 cm³/mol. The van der Waals surface area contributed by atoms with Crippen LogP contribution in [0.25, 0.3) is 11.1 Å². The summed E-state index contributed by atoms with van der Waals surface area (Å²) in [5.41, 5.74) is 4.43. The monoisotopic (exact) mass is 424 g/mol. The van der Waals surface area contributed by atoms with Gasteiger partial charge < -0.3 is 15.1 Å². The minimum atomic E-state index is -0.317. The van der Waals surface area contributed by atoms with Crippen molar-refractivity contribution < 1.29 is 9.59 Å². The largest absolute Gasteiger partial charge is 0.368 e. The molecule has 1 fully saturated rings. The molecule has 3 aromatic rings. The first kappa shape index (κ1) is 21.1. The first-order valence-electron chi connectivity index (χ1n) is 10.6. The van der Waals surface area contributed by atoms with Gasteiger partial charge >= 0.3 is 0 Å². The fraction of sp³-hybridized carbons (Fsp3) is 0.192. The molecule has 1 heterocycles. The molecule has 32 heavy (non-hydrogen) atoms. The molecular weight excluding hydrogens is 400 g/mol. The fourth-order valence-electron chi connectivity index (χ4n) is 3.91. The second-order valence-corrected chi connectivity index (χ2v) is 7.62. The van der Waals surface area contributed by atoms with E-state index in [0.29, 0.717) is 18.8 Å². The Balaban J connectivity index is 1.40. The summed E-state index contributed by atoms with van der Waals surface area (Å²) in [6.07, 6.45) is -0.162. The van der Waals surface area contributed by atoms with E-state index in [-0.39, 0.29) is 18.2 Å². The number of nitrogens with one attached hydrogen (secondary N) is 1. The molecular formula is C26H24N4O2. The SMILES string of the molecule is N#CCC(=O)Nc1ccc(N2CCN(C(=O)c3ccccc3-c3ccccc3)CC2)cc1. The number of nitriles is 1. The average molecular weight is 425 g/mol. The van der Waals surface area contributed by atoms with Gasteiger partial charge in [-0.25, -0.2) is 0 Å². The van der Waals surface area contributed by atoms with Crippen LogP contribution in [0.5, 0.6) is 0 Å². The molecule has 0 atom stereocenters. The van der Waals surface area contributed by atoms with Crippen molar-refractivity contribution >= 4 is 23.2 Å². The summed E-state index contributed by atoms with van der Waals surface area (Å²) in [4.78, 5) is 29.0. The molecule has 0 radical (unpaired) electrons. The Morgan fingerprint density at radius 3 is 2.19 bits per heavy atom. The topological polar surface area (TPSA) is 76.4 Å². The van der Waals surface area contributed by atoms with Gasteiger partial charge in [0.25, 0.3) is 5.91 Å². The second-order valence-electron chi connectivity index (χ2n) is 7.62. The van der Waals surface area contributed by atoms with E-state index < -0.39 is 0 Å². The maximum absolute atomic E-state index is 13.3. The number of hydrogen-bond donors (Lipinski definition) is 1. The van der Waals surface area contributed by atoms with Crippen molar-refractivity contribution in [3.8, 4) is 17.2 Å². The van der Waals surface area contributed by atoms with Gasteiger partial charge in [-0.15, -0.1) is 0 Å². The van der Waals surface area contributed by atoms with Gasteiger partial charge in [0.15, 0.2) is 0 Å². The van der Waals surface area contributed by atoms with E-state index >= 15 is 0 Å². The first-order valence-corrected chi connectivity index (χ1v) is 10.6. The van der Waals surface area contributed by atoms with E-state index in [1.807, 2.05) is 89.8 Å². The van der Waals surface area contributed by atoms with Gasteiger partial charge in [0.1, 0.15) is 6.42 Å². The maximum atomic E-state index is 13.3. The Labute approximate surface area is 187 Å². The summed E-state index contributed by atoms with van der Waals surface area (Å²) in [5.74, 6) is -0.261. The van der Waals surface area contributed by atoms with Gasteiger partial charge in [0.05, 0.1) is 6.07 Å². The normalized spacial score (nSPS) is 13.3. The average Bonchev–Trinajstić information content (AvgIpc) is 2.85. The third-order valence-corrected chi connectivity index (χ3v) is 5.56. The van der Waals surface area contributed by atoms with Crippen molar-refractivity contribution in [2.75, 3.05) is 36.4 Å². The zero-order valence-electron chi connectivity index (χ0n) is 17.7. The highest BCUT2D eigenvalue weighted by atomic mass is 16.2. The predicted octanol–water partition coefficient (Wildman–Crippen LogP) is 4.17. The van der Waals surface area contributed by atoms with Gasteiger partial charge in [-0.1, -0.05) is 48.5 Å². The minimum Gasteiger partial charge on any atom is -0.368 e. The zero-order valence-corrected chi connectivity index (χ0v) is 17.7. The van der Waals surface area contributed by atoms with Crippen molar-refractivity contribution in [2.24, 2.45) is 0 Å². The van der Waals surface area contributed by atoms with Crippen LogP contribution in [-0.4, -0.2) is 42.9 Å². The van der Waals surface area contributed by atoms with E-state index in [0.717, 1.165) is 35.5 Å². The highest BCUT2D eigenvalue weighted by molar-refractivity contribution is 6.01. The van der Waals surface area contributed by atoms with Crippen LogP contribution in [0.3, 0.4) is 0 Å². The number of benzene rings is 3. The maximum Gasteiger partial charge on any atom is 0.254 e. The molecule has 0 aromatic heterocycles. The Morgan fingerprint density at radius 1 is 0.844 bits per heavy atom. The van der Waals surface area contributed by atoms with Crippen molar-refractivity contribution in [3.63, 3.8) is 0 Å². The molecule has 1 N–H and O–H groups in total. The van der Waals surface area contributed by atoms with E-state index in [4.69, 9.17) is 5.26 Å². The summed E-state index contributed by atoms with van der Waals surface area (Å²) >= 11 is 0. The molecule has 0 unspecified atom stereocenters. The van der Waals surface area contributed by atoms with Gasteiger partial charge in [0, 0.05) is 43.1 Å². The molecule has 6 nitrogen and oxygen atoms in total. The molecule has 3 aromatic carbocycles. The van der Waals surface area contributed by atoms with Gasteiger partial charge in [-0.3, -0.25) is 9.59 Å². The number of anilines is 2. The van der Waals surface area contributed by atoms with Crippen LogP contribution in [0.1, 0.15) is 16.8 Å². The van der Waals surface area contributed by atoms with Gasteiger partial charge in [0.2, 0.25) is 5.91 Å². The van der Waals surface area contributed by atoms with Crippen LogP contribution in [0.4, 0.5) is 11.4 Å². The van der Waals surface area contributed by atoms with Gasteiger partial charge in [-0.05, 0) is 41.5 Å². The van der Waals surface area contributed by atoms with E-state index in [1.54, 1.807) is 0 Å². The molecule has 6 heteroatoms. The number of carbonyl (C=O) groups excluding carboxylic acids is 2. The Hall–Kier alpha value is -4.11. The number of hydrogen-bond acceptors (Lipinski definition) is 4. The minimum absolute atomic E-state index is 0.0552. The fourth-order valence-corrected chi connectivity index (χ4v) is 3.91. The third-order valence-electron chi connectivity index (χ3n) is 5.56. The number of nitrogens with zero attached hydrogens (tertiary/aromatic N) is 3. The summed E-state index contributed by atoms with van der Waals surface area (Å²) in [5, 5.41) is 11.3. The summed E-state index contributed by atoms with van der Waals surface area (Å²) in [6, 6.07) is 27.1. The molecule has 2 amide bonds. The number of piperazine rings is 1. The molecule has 0 bridgehead atoms. The molecule has 160 valence electrons. The van der Waals surface area contributed by atoms with Crippen LogP contribution in [-0.2, 0) is 4.79 Å². The summed E-state index contributed by atoms with van der Waals surface area (Å²) < 4.78 is 0. The summed E-state index contributed by atoms with van der Waals surface area (Å²) in [7, 11) is 0. The van der Waals surface area contributed by atoms with Crippen LogP contribution < -0.4 is 10.2 Å². The molecule has 4 rings (SSSR count). The Bertz CT molecular complexity index is 1130. The van der Waals surface area contributed by atoms with Crippen LogP contribution >= 0.6 is 0 Å². The lowest BCUT2D eigenvalue weighted by Crippen LogP contribution is -2.48. The number of amides is 2. The number of carbonyl (C=O) groups is 2. The van der Waals surface area contributed by atoms with Crippen molar-refractivity contribution in [1.29, 1.82) is 5.26 Å². The van der Waals surface area contributed by atoms with Crippen molar-refractivity contribution in [1.82, 2.24) is 4.90 Å².